The van der Waals surface area contributed by atoms with Crippen LogP contribution in [0, 0.1) is 10.1 Å². The van der Waals surface area contributed by atoms with Crippen LogP contribution >= 0.6 is 0 Å². The summed E-state index contributed by atoms with van der Waals surface area (Å²) in [5, 5.41) is 11.0. The van der Waals surface area contributed by atoms with Crippen molar-refractivity contribution >= 4 is 5.97 Å². The Hall–Kier alpha value is -2.89. The number of rotatable bonds is 8. The van der Waals surface area contributed by atoms with E-state index in [1.807, 2.05) is 30.3 Å². The highest BCUT2D eigenvalue weighted by Crippen LogP contribution is 2.16. The van der Waals surface area contributed by atoms with Gasteiger partial charge in [-0.15, -0.1) is 0 Å². The van der Waals surface area contributed by atoms with Gasteiger partial charge in [-0.2, -0.15) is 0 Å². The molecule has 0 heterocycles. The van der Waals surface area contributed by atoms with E-state index in [1.54, 1.807) is 31.2 Å². The van der Waals surface area contributed by atoms with Crippen LogP contribution in [0.3, 0.4) is 0 Å². The van der Waals surface area contributed by atoms with Crippen molar-refractivity contribution in [1.29, 1.82) is 0 Å². The minimum atomic E-state index is -1.39. The van der Waals surface area contributed by atoms with Crippen molar-refractivity contribution in [3.05, 3.63) is 75.8 Å². The monoisotopic (exact) mass is 329 g/mol. The van der Waals surface area contributed by atoms with Crippen LogP contribution in [-0.4, -0.2) is 23.5 Å². The van der Waals surface area contributed by atoms with E-state index in [1.165, 1.54) is 0 Å². The van der Waals surface area contributed by atoms with Gasteiger partial charge in [0.15, 0.2) is 0 Å². The first-order valence-electron chi connectivity index (χ1n) is 7.66. The average Bonchev–Trinajstić information content (AvgIpc) is 2.59. The zero-order valence-corrected chi connectivity index (χ0v) is 13.4. The lowest BCUT2D eigenvalue weighted by Crippen LogP contribution is -2.33. The van der Waals surface area contributed by atoms with E-state index in [-0.39, 0.29) is 13.0 Å². The number of nitro groups is 1. The predicted octanol–water partition coefficient (Wildman–Crippen LogP) is 3.02. The Morgan fingerprint density at radius 1 is 1.08 bits per heavy atom. The molecule has 6 heteroatoms. The second kappa shape index (κ2) is 8.67. The molecule has 0 amide bonds. The molecule has 1 atom stereocenters. The third kappa shape index (κ3) is 5.08. The highest BCUT2D eigenvalue weighted by Gasteiger charge is 2.31. The van der Waals surface area contributed by atoms with Crippen molar-refractivity contribution in [2.45, 2.75) is 26.0 Å². The number of nitrogens with zero attached hydrogens (tertiary/aromatic N) is 1. The van der Waals surface area contributed by atoms with Crippen molar-refractivity contribution in [3.8, 4) is 5.75 Å². The van der Waals surface area contributed by atoms with Crippen molar-refractivity contribution in [2.24, 2.45) is 0 Å². The first-order valence-corrected chi connectivity index (χ1v) is 7.66. The van der Waals surface area contributed by atoms with Crippen LogP contribution in [0.4, 0.5) is 0 Å². The Labute approximate surface area is 140 Å². The second-order valence-electron chi connectivity index (χ2n) is 5.18. The summed E-state index contributed by atoms with van der Waals surface area (Å²) in [7, 11) is 0. The summed E-state index contributed by atoms with van der Waals surface area (Å²) in [6, 6.07) is 15.3. The van der Waals surface area contributed by atoms with Crippen LogP contribution in [0.15, 0.2) is 54.6 Å². The zero-order chi connectivity index (χ0) is 17.4. The molecule has 2 rings (SSSR count). The number of ether oxygens (including phenoxy) is 2. The fourth-order valence-electron chi connectivity index (χ4n) is 2.17. The molecule has 0 aliphatic carbocycles. The molecule has 6 nitrogen and oxygen atoms in total. The number of carbonyl (C=O) groups is 1. The van der Waals surface area contributed by atoms with Crippen LogP contribution in [-0.2, 0) is 22.6 Å². The first kappa shape index (κ1) is 17.5. The largest absolute Gasteiger partial charge is 0.489 e. The quantitative estimate of drug-likeness (QED) is 0.422. The Morgan fingerprint density at radius 3 is 2.33 bits per heavy atom. The van der Waals surface area contributed by atoms with E-state index in [4.69, 9.17) is 9.47 Å². The molecule has 0 fully saturated rings. The normalized spacial score (nSPS) is 11.5. The molecule has 0 bridgehead atoms. The molecule has 0 spiro atoms. The molecule has 2 aromatic carbocycles. The van der Waals surface area contributed by atoms with E-state index in [2.05, 4.69) is 0 Å². The lowest BCUT2D eigenvalue weighted by Gasteiger charge is -2.10. The Morgan fingerprint density at radius 2 is 1.75 bits per heavy atom. The van der Waals surface area contributed by atoms with Gasteiger partial charge >= 0.3 is 12.0 Å². The standard InChI is InChI=1S/C18H19NO5/c1-2-23-18(20)17(19(21)22)12-14-8-10-16(11-9-14)24-13-15-6-4-3-5-7-15/h3-11,17H,2,12-13H2,1H3. The van der Waals surface area contributed by atoms with Gasteiger partial charge in [-0.05, 0) is 30.2 Å². The SMILES string of the molecule is CCOC(=O)C(Cc1ccc(OCc2ccccc2)cc1)[N+](=O)[O-]. The summed E-state index contributed by atoms with van der Waals surface area (Å²) in [5.41, 5.74) is 1.73. The molecule has 0 saturated carbocycles. The van der Waals surface area contributed by atoms with E-state index in [0.29, 0.717) is 17.9 Å². The molecule has 1 unspecified atom stereocenters. The minimum Gasteiger partial charge on any atom is -0.489 e. The number of esters is 1. The highest BCUT2D eigenvalue weighted by molar-refractivity contribution is 5.74. The van der Waals surface area contributed by atoms with E-state index in [9.17, 15) is 14.9 Å². The fraction of sp³-hybridized carbons (Fsp3) is 0.278. The summed E-state index contributed by atoms with van der Waals surface area (Å²) in [5.74, 6) is -0.150. The molecular weight excluding hydrogens is 310 g/mol. The van der Waals surface area contributed by atoms with Gasteiger partial charge in [0.1, 0.15) is 12.4 Å². The molecule has 0 saturated heterocycles. The van der Waals surface area contributed by atoms with E-state index >= 15 is 0 Å². The highest BCUT2D eigenvalue weighted by atomic mass is 16.6. The van der Waals surface area contributed by atoms with Gasteiger partial charge in [-0.1, -0.05) is 42.5 Å². The number of hydrogen-bond donors (Lipinski definition) is 0. The number of hydrogen-bond acceptors (Lipinski definition) is 5. The molecule has 2 aromatic rings. The third-order valence-electron chi connectivity index (χ3n) is 3.41. The topological polar surface area (TPSA) is 78.7 Å². The van der Waals surface area contributed by atoms with E-state index in [0.717, 1.165) is 5.56 Å². The van der Waals surface area contributed by atoms with Gasteiger partial charge in [-0.3, -0.25) is 10.1 Å². The van der Waals surface area contributed by atoms with Crippen molar-refractivity contribution in [1.82, 2.24) is 0 Å². The molecule has 0 aromatic heterocycles. The Balaban J connectivity index is 1.95. The molecule has 24 heavy (non-hydrogen) atoms. The van der Waals surface area contributed by atoms with Crippen LogP contribution < -0.4 is 4.74 Å². The average molecular weight is 329 g/mol. The third-order valence-corrected chi connectivity index (χ3v) is 3.41. The lowest BCUT2D eigenvalue weighted by molar-refractivity contribution is -0.510. The maximum atomic E-state index is 11.6. The summed E-state index contributed by atoms with van der Waals surface area (Å²) >= 11 is 0. The predicted molar refractivity (Wildman–Crippen MR) is 88.3 cm³/mol. The zero-order valence-electron chi connectivity index (χ0n) is 13.4. The van der Waals surface area contributed by atoms with Gasteiger partial charge in [0.2, 0.25) is 0 Å². The number of benzene rings is 2. The summed E-state index contributed by atoms with van der Waals surface area (Å²) in [6.45, 7) is 2.18. The van der Waals surface area contributed by atoms with Crippen molar-refractivity contribution in [3.63, 3.8) is 0 Å². The van der Waals surface area contributed by atoms with Crippen molar-refractivity contribution < 1.29 is 19.2 Å². The second-order valence-corrected chi connectivity index (χ2v) is 5.18. The Bertz CT molecular complexity index is 670. The number of carbonyl (C=O) groups excluding carboxylic acids is 1. The van der Waals surface area contributed by atoms with Gasteiger partial charge in [0.25, 0.3) is 0 Å². The van der Waals surface area contributed by atoms with Gasteiger partial charge < -0.3 is 9.47 Å². The van der Waals surface area contributed by atoms with Gasteiger partial charge in [0, 0.05) is 4.92 Å². The molecule has 0 aliphatic rings. The molecule has 0 N–H and O–H groups in total. The van der Waals surface area contributed by atoms with Gasteiger partial charge in [0.05, 0.1) is 13.0 Å². The lowest BCUT2D eigenvalue weighted by atomic mass is 10.1. The van der Waals surface area contributed by atoms with Crippen molar-refractivity contribution in [2.75, 3.05) is 6.61 Å². The molecule has 126 valence electrons. The van der Waals surface area contributed by atoms with Crippen LogP contribution in [0.5, 0.6) is 5.75 Å². The minimum absolute atomic E-state index is 0.00913. The molecule has 0 radical (unpaired) electrons. The summed E-state index contributed by atoms with van der Waals surface area (Å²) < 4.78 is 10.4. The Kier molecular flexibility index (Phi) is 6.31. The summed E-state index contributed by atoms with van der Waals surface area (Å²) in [6.07, 6.45) is -0.00913. The first-order chi connectivity index (χ1) is 11.6. The van der Waals surface area contributed by atoms with Crippen LogP contribution in [0.2, 0.25) is 0 Å². The maximum absolute atomic E-state index is 11.6. The van der Waals surface area contributed by atoms with Crippen LogP contribution in [0.1, 0.15) is 18.1 Å². The summed E-state index contributed by atoms with van der Waals surface area (Å²) in [4.78, 5) is 22.0. The fourth-order valence-corrected chi connectivity index (χ4v) is 2.17. The maximum Gasteiger partial charge on any atom is 0.382 e. The van der Waals surface area contributed by atoms with E-state index < -0.39 is 16.9 Å². The molecular formula is C18H19NO5. The smallest absolute Gasteiger partial charge is 0.382 e. The van der Waals surface area contributed by atoms with Gasteiger partial charge in [-0.25, -0.2) is 4.79 Å². The molecule has 0 aliphatic heterocycles. The van der Waals surface area contributed by atoms with Crippen LogP contribution in [0.25, 0.3) is 0 Å².